The molecule has 1 N–H and O–H groups in total. The fraction of sp³-hybridized carbons (Fsp3) is 0.857. The van der Waals surface area contributed by atoms with Gasteiger partial charge in [0.25, 0.3) is 0 Å². The SMILES string of the molecule is CN(C)CCCC(=O)CCC1CCCCN1C(=O)O. The minimum atomic E-state index is -0.843. The zero-order valence-corrected chi connectivity index (χ0v) is 12.1. The van der Waals surface area contributed by atoms with Gasteiger partial charge in [0.15, 0.2) is 0 Å². The molecule has 1 heterocycles. The summed E-state index contributed by atoms with van der Waals surface area (Å²) in [5, 5.41) is 9.11. The number of carboxylic acid groups (broad SMARTS) is 1. The Morgan fingerprint density at radius 1 is 1.26 bits per heavy atom. The van der Waals surface area contributed by atoms with Crippen LogP contribution in [0.2, 0.25) is 0 Å². The molecule has 1 aliphatic heterocycles. The maximum Gasteiger partial charge on any atom is 0.407 e. The second kappa shape index (κ2) is 8.15. The zero-order chi connectivity index (χ0) is 14.3. The van der Waals surface area contributed by atoms with Gasteiger partial charge in [0.2, 0.25) is 0 Å². The van der Waals surface area contributed by atoms with Crippen LogP contribution in [0.3, 0.4) is 0 Å². The molecule has 0 aromatic rings. The quantitative estimate of drug-likeness (QED) is 0.770. The highest BCUT2D eigenvalue weighted by atomic mass is 16.4. The molecule has 0 saturated carbocycles. The summed E-state index contributed by atoms with van der Waals surface area (Å²) >= 11 is 0. The van der Waals surface area contributed by atoms with Gasteiger partial charge in [0.05, 0.1) is 0 Å². The largest absolute Gasteiger partial charge is 0.465 e. The van der Waals surface area contributed by atoms with E-state index in [-0.39, 0.29) is 11.8 Å². The number of likely N-dealkylation sites (tertiary alicyclic amines) is 1. The number of carbonyl (C=O) groups excluding carboxylic acids is 1. The van der Waals surface area contributed by atoms with E-state index in [9.17, 15) is 9.59 Å². The lowest BCUT2D eigenvalue weighted by atomic mass is 9.96. The number of carbonyl (C=O) groups is 2. The molecular formula is C14H26N2O3. The van der Waals surface area contributed by atoms with E-state index in [0.29, 0.717) is 25.8 Å². The fourth-order valence-electron chi connectivity index (χ4n) is 2.60. The van der Waals surface area contributed by atoms with Gasteiger partial charge in [-0.15, -0.1) is 0 Å². The lowest BCUT2D eigenvalue weighted by Crippen LogP contribution is -2.43. The van der Waals surface area contributed by atoms with Crippen molar-refractivity contribution in [1.29, 1.82) is 0 Å². The van der Waals surface area contributed by atoms with Gasteiger partial charge in [-0.1, -0.05) is 0 Å². The molecule has 1 atom stereocenters. The topological polar surface area (TPSA) is 60.9 Å². The van der Waals surface area contributed by atoms with Gasteiger partial charge in [-0.2, -0.15) is 0 Å². The molecule has 1 unspecified atom stereocenters. The van der Waals surface area contributed by atoms with E-state index in [2.05, 4.69) is 4.90 Å². The smallest absolute Gasteiger partial charge is 0.407 e. The fourth-order valence-corrected chi connectivity index (χ4v) is 2.60. The number of amides is 1. The van der Waals surface area contributed by atoms with Crippen LogP contribution in [0.4, 0.5) is 4.79 Å². The molecule has 0 bridgehead atoms. The monoisotopic (exact) mass is 270 g/mol. The summed E-state index contributed by atoms with van der Waals surface area (Å²) in [6.45, 7) is 1.55. The standard InChI is InChI=1S/C14H26N2O3/c1-15(2)10-5-7-13(17)9-8-12-6-3-4-11-16(12)14(18)19/h12H,3-11H2,1-2H3,(H,18,19). The molecule has 1 amide bonds. The van der Waals surface area contributed by atoms with E-state index in [0.717, 1.165) is 32.2 Å². The summed E-state index contributed by atoms with van der Waals surface area (Å²) in [7, 11) is 3.99. The Kier molecular flexibility index (Phi) is 6.84. The second-order valence-corrected chi connectivity index (χ2v) is 5.61. The summed E-state index contributed by atoms with van der Waals surface area (Å²) in [5.74, 6) is 0.262. The molecule has 1 saturated heterocycles. The molecule has 5 heteroatoms. The third-order valence-corrected chi connectivity index (χ3v) is 3.69. The van der Waals surface area contributed by atoms with Gasteiger partial charge in [0.1, 0.15) is 5.78 Å². The Labute approximate surface area is 115 Å². The lowest BCUT2D eigenvalue weighted by Gasteiger charge is -2.33. The maximum absolute atomic E-state index is 11.8. The minimum Gasteiger partial charge on any atom is -0.465 e. The van der Waals surface area contributed by atoms with Crippen LogP contribution in [0.5, 0.6) is 0 Å². The number of rotatable bonds is 7. The van der Waals surface area contributed by atoms with Crippen molar-refractivity contribution in [2.45, 2.75) is 51.0 Å². The van der Waals surface area contributed by atoms with Crippen molar-refractivity contribution < 1.29 is 14.7 Å². The molecule has 1 rings (SSSR count). The number of ketones is 1. The van der Waals surface area contributed by atoms with E-state index in [1.165, 1.54) is 4.90 Å². The highest BCUT2D eigenvalue weighted by Crippen LogP contribution is 2.21. The summed E-state index contributed by atoms with van der Waals surface area (Å²) < 4.78 is 0. The van der Waals surface area contributed by atoms with Gasteiger partial charge < -0.3 is 14.9 Å². The molecule has 0 aromatic heterocycles. The predicted octanol–water partition coefficient (Wildman–Crippen LogP) is 2.21. The van der Waals surface area contributed by atoms with E-state index in [4.69, 9.17) is 5.11 Å². The van der Waals surface area contributed by atoms with Crippen LogP contribution < -0.4 is 0 Å². The summed E-state index contributed by atoms with van der Waals surface area (Å²) in [4.78, 5) is 26.4. The summed E-state index contributed by atoms with van der Waals surface area (Å²) in [6, 6.07) is 0.0454. The first kappa shape index (κ1) is 16.0. The van der Waals surface area contributed by atoms with Gasteiger partial charge >= 0.3 is 6.09 Å². The molecular weight excluding hydrogens is 244 g/mol. The van der Waals surface area contributed by atoms with Crippen molar-refractivity contribution in [1.82, 2.24) is 9.80 Å². The summed E-state index contributed by atoms with van der Waals surface area (Å²) in [6.07, 6.45) is 4.77. The normalized spacial score (nSPS) is 19.7. The predicted molar refractivity (Wildman–Crippen MR) is 74.4 cm³/mol. The summed E-state index contributed by atoms with van der Waals surface area (Å²) in [5.41, 5.74) is 0. The molecule has 1 aliphatic rings. The van der Waals surface area contributed by atoms with Gasteiger partial charge in [-0.05, 0) is 52.7 Å². The minimum absolute atomic E-state index is 0.0454. The molecule has 1 fully saturated rings. The number of Topliss-reactive ketones (excluding diaryl/α,β-unsaturated/α-hetero) is 1. The van der Waals surface area contributed by atoms with E-state index >= 15 is 0 Å². The van der Waals surface area contributed by atoms with Crippen LogP contribution in [0.15, 0.2) is 0 Å². The molecule has 5 nitrogen and oxygen atoms in total. The van der Waals surface area contributed by atoms with Crippen molar-refractivity contribution in [3.05, 3.63) is 0 Å². The third kappa shape index (κ3) is 6.05. The third-order valence-electron chi connectivity index (χ3n) is 3.69. The highest BCUT2D eigenvalue weighted by molar-refractivity contribution is 5.78. The second-order valence-electron chi connectivity index (χ2n) is 5.61. The highest BCUT2D eigenvalue weighted by Gasteiger charge is 2.26. The van der Waals surface area contributed by atoms with Crippen molar-refractivity contribution in [3.63, 3.8) is 0 Å². The van der Waals surface area contributed by atoms with Crippen molar-refractivity contribution in [2.24, 2.45) is 0 Å². The lowest BCUT2D eigenvalue weighted by molar-refractivity contribution is -0.119. The number of piperidine rings is 1. The van der Waals surface area contributed by atoms with Crippen LogP contribution in [0.1, 0.15) is 44.9 Å². The average Bonchev–Trinajstić information content (AvgIpc) is 2.36. The first-order chi connectivity index (χ1) is 9.00. The number of hydrogen-bond acceptors (Lipinski definition) is 3. The van der Waals surface area contributed by atoms with Crippen LogP contribution in [-0.2, 0) is 4.79 Å². The van der Waals surface area contributed by atoms with Crippen LogP contribution >= 0.6 is 0 Å². The first-order valence-electron chi connectivity index (χ1n) is 7.16. The molecule has 19 heavy (non-hydrogen) atoms. The van der Waals surface area contributed by atoms with Crippen LogP contribution in [0.25, 0.3) is 0 Å². The van der Waals surface area contributed by atoms with Crippen molar-refractivity contribution >= 4 is 11.9 Å². The molecule has 0 aromatic carbocycles. The Morgan fingerprint density at radius 2 is 2.00 bits per heavy atom. The van der Waals surface area contributed by atoms with Gasteiger partial charge in [0, 0.05) is 25.4 Å². The Bertz CT molecular complexity index is 305. The maximum atomic E-state index is 11.8. The van der Waals surface area contributed by atoms with E-state index in [1.807, 2.05) is 14.1 Å². The zero-order valence-electron chi connectivity index (χ0n) is 12.1. The number of hydrogen-bond donors (Lipinski definition) is 1. The van der Waals surface area contributed by atoms with E-state index in [1.54, 1.807) is 0 Å². The Morgan fingerprint density at radius 3 is 2.63 bits per heavy atom. The first-order valence-corrected chi connectivity index (χ1v) is 7.16. The van der Waals surface area contributed by atoms with Crippen molar-refractivity contribution in [3.8, 4) is 0 Å². The van der Waals surface area contributed by atoms with Gasteiger partial charge in [-0.25, -0.2) is 4.79 Å². The van der Waals surface area contributed by atoms with Crippen molar-refractivity contribution in [2.75, 3.05) is 27.2 Å². The molecule has 0 aliphatic carbocycles. The average molecular weight is 270 g/mol. The van der Waals surface area contributed by atoms with E-state index < -0.39 is 6.09 Å². The Balaban J connectivity index is 2.26. The van der Waals surface area contributed by atoms with Gasteiger partial charge in [-0.3, -0.25) is 4.79 Å². The number of nitrogens with zero attached hydrogens (tertiary/aromatic N) is 2. The molecule has 0 radical (unpaired) electrons. The Hall–Kier alpha value is -1.10. The molecule has 110 valence electrons. The van der Waals surface area contributed by atoms with Crippen LogP contribution in [0, 0.1) is 0 Å². The molecule has 0 spiro atoms. The van der Waals surface area contributed by atoms with Crippen LogP contribution in [-0.4, -0.2) is 60.0 Å².